The number of methoxy groups -OCH3 is 1. The average Bonchev–Trinajstić information content (AvgIpc) is 3.43. The number of ether oxygens (including phenoxy) is 1. The largest absolute Gasteiger partial charge is 0.494 e. The fourth-order valence-corrected chi connectivity index (χ4v) is 4.43. The molecule has 2 aromatic heterocycles. The number of nitrogens with zero attached hydrogens (tertiary/aromatic N) is 3. The summed E-state index contributed by atoms with van der Waals surface area (Å²) in [5.41, 5.74) is 3.57. The molecule has 1 aliphatic rings. The number of anilines is 2. The number of aromatic nitrogens is 2. The number of aryl methyl sites for hydroxylation is 1. The maximum atomic E-state index is 11.9. The number of hydrogen-bond donors (Lipinski definition) is 2. The van der Waals surface area contributed by atoms with Crippen LogP contribution in [0.5, 0.6) is 5.75 Å². The van der Waals surface area contributed by atoms with E-state index in [0.29, 0.717) is 23.0 Å². The van der Waals surface area contributed by atoms with Crippen LogP contribution in [0, 0.1) is 0 Å². The van der Waals surface area contributed by atoms with Crippen molar-refractivity contribution in [2.24, 2.45) is 0 Å². The Bertz CT molecular complexity index is 1110. The van der Waals surface area contributed by atoms with Gasteiger partial charge in [0.05, 0.1) is 24.5 Å². The first-order valence-corrected chi connectivity index (χ1v) is 11.1. The van der Waals surface area contributed by atoms with Crippen molar-refractivity contribution in [2.75, 3.05) is 17.3 Å². The zero-order chi connectivity index (χ0) is 22.7. The zero-order valence-corrected chi connectivity index (χ0v) is 19.2. The van der Waals surface area contributed by atoms with Gasteiger partial charge in [0.2, 0.25) is 5.91 Å². The lowest BCUT2D eigenvalue weighted by Crippen LogP contribution is -2.30. The van der Waals surface area contributed by atoms with E-state index in [1.54, 1.807) is 13.3 Å². The fraction of sp³-hybridized carbons (Fsp3) is 0.292. The summed E-state index contributed by atoms with van der Waals surface area (Å²) in [6, 6.07) is 15.6. The molecule has 2 atom stereocenters. The summed E-state index contributed by atoms with van der Waals surface area (Å²) in [7, 11) is 1.59. The number of pyridine rings is 1. The van der Waals surface area contributed by atoms with Gasteiger partial charge in [-0.05, 0) is 55.5 Å². The molecule has 2 N–H and O–H groups in total. The van der Waals surface area contributed by atoms with E-state index >= 15 is 0 Å². The Morgan fingerprint density at radius 1 is 1.22 bits per heavy atom. The fourth-order valence-electron chi connectivity index (χ4n) is 4.09. The molecule has 166 valence electrons. The van der Waals surface area contributed by atoms with E-state index in [2.05, 4.69) is 50.3 Å². The molecular formula is C24H27N5O2S. The minimum Gasteiger partial charge on any atom is -0.494 e. The smallest absolute Gasteiger partial charge is 0.224 e. The second-order valence-corrected chi connectivity index (χ2v) is 7.89. The number of thiocarbonyl (C=S) groups is 1. The zero-order valence-electron chi connectivity index (χ0n) is 18.4. The predicted octanol–water partition coefficient (Wildman–Crippen LogP) is 4.44. The number of amides is 1. The third-order valence-electron chi connectivity index (χ3n) is 5.66. The number of nitrogens with one attached hydrogen (secondary N) is 2. The lowest BCUT2D eigenvalue weighted by Gasteiger charge is -2.29. The second-order valence-electron chi connectivity index (χ2n) is 7.50. The van der Waals surface area contributed by atoms with E-state index in [1.807, 2.05) is 43.3 Å². The number of carbonyl (C=O) groups is 1. The van der Waals surface area contributed by atoms with E-state index in [9.17, 15) is 4.79 Å². The van der Waals surface area contributed by atoms with Crippen LogP contribution in [0.25, 0.3) is 0 Å². The van der Waals surface area contributed by atoms with Crippen molar-refractivity contribution in [3.05, 3.63) is 72.3 Å². The van der Waals surface area contributed by atoms with Gasteiger partial charge in [-0.1, -0.05) is 13.0 Å². The van der Waals surface area contributed by atoms with Crippen LogP contribution in [0.15, 0.2) is 60.9 Å². The summed E-state index contributed by atoms with van der Waals surface area (Å²) in [5.74, 6) is 0.515. The first-order valence-electron chi connectivity index (χ1n) is 10.7. The van der Waals surface area contributed by atoms with Gasteiger partial charge in [-0.25, -0.2) is 0 Å². The van der Waals surface area contributed by atoms with Crippen molar-refractivity contribution >= 4 is 34.6 Å². The Balaban J connectivity index is 1.79. The molecule has 0 saturated carbocycles. The average molecular weight is 450 g/mol. The molecule has 1 aromatic carbocycles. The van der Waals surface area contributed by atoms with E-state index in [0.717, 1.165) is 23.6 Å². The van der Waals surface area contributed by atoms with Crippen LogP contribution in [-0.2, 0) is 11.3 Å². The van der Waals surface area contributed by atoms with Crippen LogP contribution < -0.4 is 20.3 Å². The molecule has 1 aliphatic heterocycles. The summed E-state index contributed by atoms with van der Waals surface area (Å²) in [6.07, 6.45) is 4.27. The minimum absolute atomic E-state index is 0.0664. The lowest BCUT2D eigenvalue weighted by molar-refractivity contribution is -0.115. The van der Waals surface area contributed by atoms with Crippen LogP contribution >= 0.6 is 12.2 Å². The highest BCUT2D eigenvalue weighted by Crippen LogP contribution is 2.43. The highest BCUT2D eigenvalue weighted by molar-refractivity contribution is 7.80. The van der Waals surface area contributed by atoms with Gasteiger partial charge in [0.1, 0.15) is 11.8 Å². The number of benzene rings is 1. The van der Waals surface area contributed by atoms with Crippen molar-refractivity contribution in [3.8, 4) is 5.75 Å². The predicted molar refractivity (Wildman–Crippen MR) is 130 cm³/mol. The van der Waals surface area contributed by atoms with Crippen molar-refractivity contribution in [1.29, 1.82) is 0 Å². The first kappa shape index (κ1) is 21.8. The Hall–Kier alpha value is -3.39. The molecular weight excluding hydrogens is 422 g/mol. The van der Waals surface area contributed by atoms with Crippen LogP contribution in [0.1, 0.15) is 43.7 Å². The van der Waals surface area contributed by atoms with Gasteiger partial charge in [0.15, 0.2) is 5.11 Å². The molecule has 32 heavy (non-hydrogen) atoms. The summed E-state index contributed by atoms with van der Waals surface area (Å²) >= 11 is 5.80. The SMILES string of the molecule is CCC(=O)Nc1ccc(N2C(=S)N[C@@H](c3ccccn3)[C@H]2c2cccn2CC)cc1OC. The molecule has 1 saturated heterocycles. The molecule has 3 heterocycles. The molecule has 0 radical (unpaired) electrons. The number of rotatable bonds is 7. The van der Waals surface area contributed by atoms with Gasteiger partial charge in [0.25, 0.3) is 0 Å². The maximum absolute atomic E-state index is 11.9. The monoisotopic (exact) mass is 449 g/mol. The molecule has 0 aliphatic carbocycles. The van der Waals surface area contributed by atoms with E-state index in [4.69, 9.17) is 17.0 Å². The molecule has 7 nitrogen and oxygen atoms in total. The van der Waals surface area contributed by atoms with Gasteiger partial charge < -0.3 is 24.8 Å². The third-order valence-corrected chi connectivity index (χ3v) is 5.98. The molecule has 0 unspecified atom stereocenters. The summed E-state index contributed by atoms with van der Waals surface area (Å²) in [4.78, 5) is 18.6. The van der Waals surface area contributed by atoms with Crippen molar-refractivity contribution in [1.82, 2.24) is 14.9 Å². The quantitative estimate of drug-likeness (QED) is 0.520. The van der Waals surface area contributed by atoms with Crippen molar-refractivity contribution in [2.45, 2.75) is 38.9 Å². The first-order chi connectivity index (χ1) is 15.6. The standard InChI is InChI=1S/C24H27N5O2S/c1-4-21(30)26-17-12-11-16(15-20(17)31-3)29-23(19-10-8-14-28(19)5-2)22(27-24(29)32)18-9-6-7-13-25-18/h6-15,22-23H,4-5H2,1-3H3,(H,26,30)(H,27,32)/t22-,23+/m0/s1. The van der Waals surface area contributed by atoms with Crippen LogP contribution in [0.4, 0.5) is 11.4 Å². The molecule has 0 bridgehead atoms. The topological polar surface area (TPSA) is 71.4 Å². The molecule has 1 amide bonds. The van der Waals surface area contributed by atoms with Crippen molar-refractivity contribution in [3.63, 3.8) is 0 Å². The van der Waals surface area contributed by atoms with Gasteiger partial charge in [-0.2, -0.15) is 0 Å². The van der Waals surface area contributed by atoms with Crippen LogP contribution in [-0.4, -0.2) is 27.7 Å². The van der Waals surface area contributed by atoms with E-state index in [1.165, 1.54) is 0 Å². The normalized spacial score (nSPS) is 17.8. The van der Waals surface area contributed by atoms with E-state index in [-0.39, 0.29) is 18.0 Å². The number of hydrogen-bond acceptors (Lipinski definition) is 4. The maximum Gasteiger partial charge on any atom is 0.224 e. The summed E-state index contributed by atoms with van der Waals surface area (Å²) in [5, 5.41) is 6.97. The third kappa shape index (κ3) is 4.05. The molecule has 1 fully saturated rings. The van der Waals surface area contributed by atoms with E-state index < -0.39 is 0 Å². The summed E-state index contributed by atoms with van der Waals surface area (Å²) in [6.45, 7) is 4.79. The minimum atomic E-state index is -0.116. The molecule has 0 spiro atoms. The van der Waals surface area contributed by atoms with Gasteiger partial charge in [0, 0.05) is 42.8 Å². The summed E-state index contributed by atoms with van der Waals surface area (Å²) < 4.78 is 7.80. The molecule has 8 heteroatoms. The van der Waals surface area contributed by atoms with Crippen LogP contribution in [0.3, 0.4) is 0 Å². The Morgan fingerprint density at radius 2 is 2.06 bits per heavy atom. The Kier molecular flexibility index (Phi) is 6.41. The highest BCUT2D eigenvalue weighted by atomic mass is 32.1. The highest BCUT2D eigenvalue weighted by Gasteiger charge is 2.42. The second kappa shape index (κ2) is 9.40. The lowest BCUT2D eigenvalue weighted by atomic mass is 10.0. The number of carbonyl (C=O) groups excluding carboxylic acids is 1. The molecule has 4 rings (SSSR count). The Labute approximate surface area is 193 Å². The van der Waals surface area contributed by atoms with Gasteiger partial charge in [-0.15, -0.1) is 0 Å². The van der Waals surface area contributed by atoms with Gasteiger partial charge >= 0.3 is 0 Å². The molecule has 3 aromatic rings. The Morgan fingerprint density at radius 3 is 2.75 bits per heavy atom. The van der Waals surface area contributed by atoms with Crippen LogP contribution in [0.2, 0.25) is 0 Å². The van der Waals surface area contributed by atoms with Gasteiger partial charge in [-0.3, -0.25) is 9.78 Å². The van der Waals surface area contributed by atoms with Crippen molar-refractivity contribution < 1.29 is 9.53 Å².